The number of carbonyl (C=O) groups is 1. The molecule has 0 saturated carbocycles. The van der Waals surface area contributed by atoms with Crippen molar-refractivity contribution in [3.8, 4) is 5.75 Å². The second-order valence-electron chi connectivity index (χ2n) is 4.13. The van der Waals surface area contributed by atoms with Crippen LogP contribution in [-0.2, 0) is 4.79 Å². The summed E-state index contributed by atoms with van der Waals surface area (Å²) < 4.78 is 5.71. The lowest BCUT2D eigenvalue weighted by Gasteiger charge is -2.25. The van der Waals surface area contributed by atoms with Crippen LogP contribution in [0.15, 0.2) is 18.2 Å². The number of nitrogens with zero attached hydrogens (tertiary/aromatic N) is 1. The average Bonchev–Trinajstić information content (AvgIpc) is 2.36. The van der Waals surface area contributed by atoms with E-state index in [1.54, 1.807) is 23.1 Å². The van der Waals surface area contributed by atoms with E-state index in [0.29, 0.717) is 35.3 Å². The minimum atomic E-state index is -0.505. The summed E-state index contributed by atoms with van der Waals surface area (Å²) in [5.41, 5.74) is 0. The molecule has 0 spiro atoms. The predicted octanol–water partition coefficient (Wildman–Crippen LogP) is 4.02. The summed E-state index contributed by atoms with van der Waals surface area (Å²) in [6.07, 6.45) is 0.0915. The molecule has 0 N–H and O–H groups in total. The van der Waals surface area contributed by atoms with Crippen molar-refractivity contribution in [2.75, 3.05) is 13.1 Å². The number of hydrogen-bond acceptors (Lipinski definition) is 2. The molecule has 1 amide bonds. The van der Waals surface area contributed by atoms with Crippen LogP contribution in [0.4, 0.5) is 0 Å². The van der Waals surface area contributed by atoms with E-state index < -0.39 is 6.10 Å². The first kappa shape index (κ1) is 16.1. The summed E-state index contributed by atoms with van der Waals surface area (Å²) in [7, 11) is 0. The molecule has 1 unspecified atom stereocenters. The highest BCUT2D eigenvalue weighted by atomic mass is 35.5. The van der Waals surface area contributed by atoms with Gasteiger partial charge in [-0.2, -0.15) is 0 Å². The number of hydrogen-bond donors (Lipinski definition) is 0. The zero-order valence-electron chi connectivity index (χ0n) is 11.5. The molecule has 1 rings (SSSR count). The van der Waals surface area contributed by atoms with Crippen molar-refractivity contribution >= 4 is 29.1 Å². The van der Waals surface area contributed by atoms with Gasteiger partial charge in [0.05, 0.1) is 0 Å². The molecular formula is C14H19Cl2NO2. The van der Waals surface area contributed by atoms with Crippen LogP contribution in [0.25, 0.3) is 0 Å². The summed E-state index contributed by atoms with van der Waals surface area (Å²) in [5, 5.41) is 0.986. The molecule has 0 aliphatic rings. The van der Waals surface area contributed by atoms with Crippen LogP contribution in [0.3, 0.4) is 0 Å². The van der Waals surface area contributed by atoms with Gasteiger partial charge in [-0.1, -0.05) is 30.1 Å². The smallest absolute Gasteiger partial charge is 0.263 e. The summed E-state index contributed by atoms with van der Waals surface area (Å²) in [6.45, 7) is 7.16. The standard InChI is InChI=1S/C14H19Cl2NO2/c1-4-13(14(18)17(5-2)6-3)19-12-8-10(15)7-11(16)9-12/h7-9,13H,4-6H2,1-3H3. The Morgan fingerprint density at radius 1 is 1.16 bits per heavy atom. The maximum atomic E-state index is 12.2. The summed E-state index contributed by atoms with van der Waals surface area (Å²) in [4.78, 5) is 14.0. The van der Waals surface area contributed by atoms with Crippen LogP contribution in [0, 0.1) is 0 Å². The number of carbonyl (C=O) groups excluding carboxylic acids is 1. The highest BCUT2D eigenvalue weighted by molar-refractivity contribution is 6.34. The zero-order valence-corrected chi connectivity index (χ0v) is 13.0. The molecule has 0 aliphatic heterocycles. The Hall–Kier alpha value is -0.930. The Labute approximate surface area is 124 Å². The summed E-state index contributed by atoms with van der Waals surface area (Å²) in [5.74, 6) is 0.508. The van der Waals surface area contributed by atoms with Gasteiger partial charge in [0, 0.05) is 23.1 Å². The van der Waals surface area contributed by atoms with Crippen molar-refractivity contribution < 1.29 is 9.53 Å². The Morgan fingerprint density at radius 3 is 2.11 bits per heavy atom. The highest BCUT2D eigenvalue weighted by Crippen LogP contribution is 2.25. The molecule has 0 saturated heterocycles. The zero-order chi connectivity index (χ0) is 14.4. The Morgan fingerprint density at radius 2 is 1.68 bits per heavy atom. The largest absolute Gasteiger partial charge is 0.481 e. The Bertz CT molecular complexity index is 413. The molecule has 0 bridgehead atoms. The molecule has 19 heavy (non-hydrogen) atoms. The lowest BCUT2D eigenvalue weighted by Crippen LogP contribution is -2.41. The fourth-order valence-corrected chi connectivity index (χ4v) is 2.31. The van der Waals surface area contributed by atoms with Gasteiger partial charge in [0.1, 0.15) is 5.75 Å². The van der Waals surface area contributed by atoms with Crippen LogP contribution < -0.4 is 4.74 Å². The molecule has 0 aliphatic carbocycles. The first-order valence-corrected chi connectivity index (χ1v) is 7.18. The fourth-order valence-electron chi connectivity index (χ4n) is 1.81. The van der Waals surface area contributed by atoms with E-state index in [1.807, 2.05) is 20.8 Å². The van der Waals surface area contributed by atoms with E-state index in [2.05, 4.69) is 0 Å². The van der Waals surface area contributed by atoms with Crippen molar-refractivity contribution in [3.05, 3.63) is 28.2 Å². The SMILES string of the molecule is CCC(Oc1cc(Cl)cc(Cl)c1)C(=O)N(CC)CC. The molecular weight excluding hydrogens is 285 g/mol. The third-order valence-electron chi connectivity index (χ3n) is 2.84. The van der Waals surface area contributed by atoms with Crippen LogP contribution in [0.1, 0.15) is 27.2 Å². The van der Waals surface area contributed by atoms with Crippen molar-refractivity contribution in [1.29, 1.82) is 0 Å². The van der Waals surface area contributed by atoms with Crippen LogP contribution in [0.2, 0.25) is 10.0 Å². The number of likely N-dealkylation sites (N-methyl/N-ethyl adjacent to an activating group) is 1. The number of amides is 1. The van der Waals surface area contributed by atoms with Crippen molar-refractivity contribution in [1.82, 2.24) is 4.90 Å². The number of halogens is 2. The molecule has 0 aromatic heterocycles. The lowest BCUT2D eigenvalue weighted by molar-refractivity contribution is -0.138. The monoisotopic (exact) mass is 303 g/mol. The van der Waals surface area contributed by atoms with E-state index in [1.165, 1.54) is 0 Å². The second-order valence-corrected chi connectivity index (χ2v) is 5.00. The van der Waals surface area contributed by atoms with Gasteiger partial charge in [-0.25, -0.2) is 0 Å². The maximum absolute atomic E-state index is 12.2. The number of ether oxygens (including phenoxy) is 1. The minimum Gasteiger partial charge on any atom is -0.481 e. The van der Waals surface area contributed by atoms with Crippen molar-refractivity contribution in [2.45, 2.75) is 33.3 Å². The van der Waals surface area contributed by atoms with E-state index in [0.717, 1.165) is 0 Å². The predicted molar refractivity (Wildman–Crippen MR) is 79.1 cm³/mol. The molecule has 3 nitrogen and oxygen atoms in total. The van der Waals surface area contributed by atoms with Gasteiger partial charge in [0.2, 0.25) is 0 Å². The van der Waals surface area contributed by atoms with Gasteiger partial charge in [-0.05, 0) is 38.5 Å². The topological polar surface area (TPSA) is 29.5 Å². The quantitative estimate of drug-likeness (QED) is 0.794. The van der Waals surface area contributed by atoms with E-state index in [9.17, 15) is 4.79 Å². The Kier molecular flexibility index (Phi) is 6.46. The van der Waals surface area contributed by atoms with Crippen LogP contribution in [-0.4, -0.2) is 30.0 Å². The third kappa shape index (κ3) is 4.59. The molecule has 0 fully saturated rings. The summed E-state index contributed by atoms with van der Waals surface area (Å²) in [6, 6.07) is 4.94. The number of benzene rings is 1. The highest BCUT2D eigenvalue weighted by Gasteiger charge is 2.22. The first-order chi connectivity index (χ1) is 9.01. The van der Waals surface area contributed by atoms with Gasteiger partial charge >= 0.3 is 0 Å². The number of rotatable bonds is 6. The molecule has 0 heterocycles. The summed E-state index contributed by atoms with van der Waals surface area (Å²) >= 11 is 11.8. The fraction of sp³-hybridized carbons (Fsp3) is 0.500. The van der Waals surface area contributed by atoms with E-state index in [-0.39, 0.29) is 5.91 Å². The molecule has 106 valence electrons. The first-order valence-electron chi connectivity index (χ1n) is 6.43. The van der Waals surface area contributed by atoms with Crippen molar-refractivity contribution in [3.63, 3.8) is 0 Å². The average molecular weight is 304 g/mol. The lowest BCUT2D eigenvalue weighted by atomic mass is 10.2. The van der Waals surface area contributed by atoms with Gasteiger partial charge in [-0.15, -0.1) is 0 Å². The molecule has 1 atom stereocenters. The maximum Gasteiger partial charge on any atom is 0.263 e. The van der Waals surface area contributed by atoms with Gasteiger partial charge in [0.25, 0.3) is 5.91 Å². The van der Waals surface area contributed by atoms with Gasteiger partial charge in [-0.3, -0.25) is 4.79 Å². The van der Waals surface area contributed by atoms with E-state index in [4.69, 9.17) is 27.9 Å². The van der Waals surface area contributed by atoms with Crippen LogP contribution in [0.5, 0.6) is 5.75 Å². The van der Waals surface area contributed by atoms with Crippen LogP contribution >= 0.6 is 23.2 Å². The third-order valence-corrected chi connectivity index (χ3v) is 3.27. The molecule has 0 radical (unpaired) electrons. The molecule has 1 aromatic rings. The Balaban J connectivity index is 2.84. The normalized spacial score (nSPS) is 12.1. The second kappa shape index (κ2) is 7.61. The van der Waals surface area contributed by atoms with E-state index >= 15 is 0 Å². The van der Waals surface area contributed by atoms with Crippen molar-refractivity contribution in [2.24, 2.45) is 0 Å². The molecule has 5 heteroatoms. The van der Waals surface area contributed by atoms with Gasteiger partial charge < -0.3 is 9.64 Å². The molecule has 1 aromatic carbocycles. The minimum absolute atomic E-state index is 0.0106. The van der Waals surface area contributed by atoms with Gasteiger partial charge in [0.15, 0.2) is 6.10 Å².